The first-order valence-corrected chi connectivity index (χ1v) is 8.64. The van der Waals surface area contributed by atoms with Crippen LogP contribution in [-0.4, -0.2) is 19.0 Å². The Bertz CT molecular complexity index is 729. The lowest BCUT2D eigenvalue weighted by molar-refractivity contribution is -0.111. The van der Waals surface area contributed by atoms with Gasteiger partial charge in [0.05, 0.1) is 12.7 Å². The lowest BCUT2D eigenvalue weighted by Gasteiger charge is -2.05. The molecule has 0 radical (unpaired) electrons. The topological polar surface area (TPSA) is 55.4 Å². The maximum atomic E-state index is 12.1. The zero-order valence-corrected chi connectivity index (χ0v) is 13.7. The molecule has 0 saturated heterocycles. The Morgan fingerprint density at radius 3 is 2.95 bits per heavy atom. The van der Waals surface area contributed by atoms with Gasteiger partial charge in [-0.05, 0) is 42.3 Å². The Morgan fingerprint density at radius 2 is 2.23 bits per heavy atom. The van der Waals surface area contributed by atoms with Gasteiger partial charge in [-0.25, -0.2) is 4.79 Å². The van der Waals surface area contributed by atoms with E-state index in [1.54, 1.807) is 17.4 Å². The fourth-order valence-corrected chi connectivity index (χ4v) is 4.41. The van der Waals surface area contributed by atoms with Crippen molar-refractivity contribution in [3.8, 4) is 0 Å². The van der Waals surface area contributed by atoms with Crippen molar-refractivity contribution in [3.63, 3.8) is 0 Å². The third-order valence-electron chi connectivity index (χ3n) is 3.49. The minimum absolute atomic E-state index is 0.238. The number of carbonyl (C=O) groups excluding carboxylic acids is 2. The van der Waals surface area contributed by atoms with Crippen LogP contribution in [0.3, 0.4) is 0 Å². The van der Waals surface area contributed by atoms with Crippen LogP contribution in [0.25, 0.3) is 6.08 Å². The van der Waals surface area contributed by atoms with Gasteiger partial charge in [-0.3, -0.25) is 4.79 Å². The summed E-state index contributed by atoms with van der Waals surface area (Å²) in [6, 6.07) is 3.87. The highest BCUT2D eigenvalue weighted by molar-refractivity contribution is 7.17. The average molecular weight is 333 g/mol. The van der Waals surface area contributed by atoms with Crippen molar-refractivity contribution in [1.82, 2.24) is 0 Å². The number of ether oxygens (including phenoxy) is 1. The van der Waals surface area contributed by atoms with E-state index in [0.717, 1.165) is 29.7 Å². The van der Waals surface area contributed by atoms with Crippen LogP contribution in [0.4, 0.5) is 5.00 Å². The van der Waals surface area contributed by atoms with Gasteiger partial charge in [0.2, 0.25) is 5.91 Å². The summed E-state index contributed by atoms with van der Waals surface area (Å²) in [6.07, 6.45) is 6.14. The van der Waals surface area contributed by atoms with E-state index in [1.807, 2.05) is 17.5 Å². The van der Waals surface area contributed by atoms with Crippen molar-refractivity contribution in [1.29, 1.82) is 0 Å². The number of hydrogen-bond donors (Lipinski definition) is 1. The lowest BCUT2D eigenvalue weighted by Crippen LogP contribution is -2.12. The second kappa shape index (κ2) is 6.46. The van der Waals surface area contributed by atoms with Gasteiger partial charge in [0, 0.05) is 15.8 Å². The quantitative estimate of drug-likeness (QED) is 0.685. The van der Waals surface area contributed by atoms with E-state index in [2.05, 4.69) is 5.32 Å². The van der Waals surface area contributed by atoms with Gasteiger partial charge >= 0.3 is 5.97 Å². The number of methoxy groups -OCH3 is 1. The van der Waals surface area contributed by atoms with Crippen molar-refractivity contribution >= 4 is 45.6 Å². The van der Waals surface area contributed by atoms with Gasteiger partial charge < -0.3 is 10.1 Å². The van der Waals surface area contributed by atoms with Gasteiger partial charge in [0.25, 0.3) is 0 Å². The molecule has 0 unspecified atom stereocenters. The molecule has 22 heavy (non-hydrogen) atoms. The Hall–Kier alpha value is -1.92. The van der Waals surface area contributed by atoms with Crippen LogP contribution in [0, 0.1) is 0 Å². The van der Waals surface area contributed by atoms with Gasteiger partial charge in [-0.1, -0.05) is 6.07 Å². The Balaban J connectivity index is 1.80. The average Bonchev–Trinajstić information content (AvgIpc) is 3.21. The second-order valence-corrected chi connectivity index (χ2v) is 6.98. The first kappa shape index (κ1) is 15.0. The second-order valence-electron chi connectivity index (χ2n) is 4.89. The highest BCUT2D eigenvalue weighted by Crippen LogP contribution is 2.39. The predicted octanol–water partition coefficient (Wildman–Crippen LogP) is 3.74. The number of amides is 1. The molecular formula is C16H15NO3S2. The molecule has 2 heterocycles. The highest BCUT2D eigenvalue weighted by Gasteiger charge is 2.27. The predicted molar refractivity (Wildman–Crippen MR) is 89.7 cm³/mol. The standard InChI is InChI=1S/C16H15NO3S2/c1-20-16(19)14-11-5-2-6-12(11)22-15(14)17-13(18)8-7-10-4-3-9-21-10/h3-4,7-9H,2,5-6H2,1H3,(H,17,18). The van der Waals surface area contributed by atoms with Crippen LogP contribution in [0.2, 0.25) is 0 Å². The molecule has 0 atom stereocenters. The molecule has 1 aliphatic rings. The molecule has 0 fully saturated rings. The zero-order chi connectivity index (χ0) is 15.5. The first-order chi connectivity index (χ1) is 10.7. The summed E-state index contributed by atoms with van der Waals surface area (Å²) in [5.41, 5.74) is 1.56. The molecule has 114 valence electrons. The smallest absolute Gasteiger partial charge is 0.341 e. The fourth-order valence-electron chi connectivity index (χ4n) is 2.51. The van der Waals surface area contributed by atoms with Crippen molar-refractivity contribution in [3.05, 3.63) is 44.5 Å². The zero-order valence-electron chi connectivity index (χ0n) is 12.0. The summed E-state index contributed by atoms with van der Waals surface area (Å²) in [4.78, 5) is 26.2. The largest absolute Gasteiger partial charge is 0.465 e. The Kier molecular flexibility index (Phi) is 4.40. The maximum Gasteiger partial charge on any atom is 0.341 e. The van der Waals surface area contributed by atoms with Crippen LogP contribution in [0.5, 0.6) is 0 Å². The lowest BCUT2D eigenvalue weighted by atomic mass is 10.1. The number of anilines is 1. The van der Waals surface area contributed by atoms with Crippen LogP contribution in [-0.2, 0) is 22.4 Å². The van der Waals surface area contributed by atoms with Gasteiger partial charge in [0.15, 0.2) is 0 Å². The van der Waals surface area contributed by atoms with E-state index in [1.165, 1.54) is 29.4 Å². The molecule has 0 bridgehead atoms. The minimum atomic E-state index is -0.378. The van der Waals surface area contributed by atoms with Crippen molar-refractivity contribution in [2.45, 2.75) is 19.3 Å². The number of carbonyl (C=O) groups is 2. The van der Waals surface area contributed by atoms with Crippen LogP contribution in [0.15, 0.2) is 23.6 Å². The SMILES string of the molecule is COC(=O)c1c(NC(=O)C=Cc2cccs2)sc2c1CCC2. The molecule has 0 saturated carbocycles. The molecule has 3 rings (SSSR count). The number of thiophene rings is 2. The highest BCUT2D eigenvalue weighted by atomic mass is 32.1. The number of hydrogen-bond acceptors (Lipinski definition) is 5. The molecule has 2 aromatic heterocycles. The molecule has 1 N–H and O–H groups in total. The van der Waals surface area contributed by atoms with Crippen LogP contribution in [0.1, 0.15) is 32.1 Å². The summed E-state index contributed by atoms with van der Waals surface area (Å²) in [6.45, 7) is 0. The normalized spacial score (nSPS) is 13.3. The molecule has 2 aromatic rings. The van der Waals surface area contributed by atoms with E-state index >= 15 is 0 Å². The van der Waals surface area contributed by atoms with Gasteiger partial charge in [-0.15, -0.1) is 22.7 Å². The molecule has 4 nitrogen and oxygen atoms in total. The van der Waals surface area contributed by atoms with Crippen molar-refractivity contribution in [2.75, 3.05) is 12.4 Å². The summed E-state index contributed by atoms with van der Waals surface area (Å²) in [5, 5.41) is 5.36. The van der Waals surface area contributed by atoms with E-state index in [4.69, 9.17) is 4.74 Å². The molecule has 0 aromatic carbocycles. The summed E-state index contributed by atoms with van der Waals surface area (Å²) < 4.78 is 4.86. The first-order valence-electron chi connectivity index (χ1n) is 6.94. The number of nitrogens with one attached hydrogen (secondary N) is 1. The molecular weight excluding hydrogens is 318 g/mol. The number of fused-ring (bicyclic) bond motifs is 1. The Labute approximate surface area is 136 Å². The van der Waals surface area contributed by atoms with Crippen molar-refractivity contribution < 1.29 is 14.3 Å². The molecule has 1 aliphatic carbocycles. The number of rotatable bonds is 4. The molecule has 1 amide bonds. The molecule has 0 aliphatic heterocycles. The summed E-state index contributed by atoms with van der Waals surface area (Å²) >= 11 is 3.04. The molecule has 0 spiro atoms. The van der Waals surface area contributed by atoms with Gasteiger partial charge in [-0.2, -0.15) is 0 Å². The fraction of sp³-hybridized carbons (Fsp3) is 0.250. The third-order valence-corrected chi connectivity index (χ3v) is 5.53. The van der Waals surface area contributed by atoms with E-state index in [-0.39, 0.29) is 11.9 Å². The van der Waals surface area contributed by atoms with Crippen LogP contribution >= 0.6 is 22.7 Å². The third kappa shape index (κ3) is 2.98. The van der Waals surface area contributed by atoms with Crippen molar-refractivity contribution in [2.24, 2.45) is 0 Å². The van der Waals surface area contributed by atoms with E-state index < -0.39 is 0 Å². The summed E-state index contributed by atoms with van der Waals surface area (Å²) in [5.74, 6) is -0.615. The summed E-state index contributed by atoms with van der Waals surface area (Å²) in [7, 11) is 1.36. The minimum Gasteiger partial charge on any atom is -0.465 e. The van der Waals surface area contributed by atoms with Gasteiger partial charge in [0.1, 0.15) is 5.00 Å². The van der Waals surface area contributed by atoms with Crippen LogP contribution < -0.4 is 5.32 Å². The Morgan fingerprint density at radius 1 is 1.36 bits per heavy atom. The maximum absolute atomic E-state index is 12.1. The van der Waals surface area contributed by atoms with E-state index in [0.29, 0.717) is 10.6 Å². The number of esters is 1. The monoisotopic (exact) mass is 333 g/mol. The number of aryl methyl sites for hydroxylation is 1. The van der Waals surface area contributed by atoms with E-state index in [9.17, 15) is 9.59 Å². The molecule has 6 heteroatoms.